The van der Waals surface area contributed by atoms with Crippen molar-refractivity contribution in [2.75, 3.05) is 48.9 Å². The maximum absolute atomic E-state index is 13.5. The molecule has 4 rings (SSSR count). The molecule has 1 aromatic carbocycles. The number of rotatable bonds is 8. The summed E-state index contributed by atoms with van der Waals surface area (Å²) in [4.78, 5) is 27.0. The van der Waals surface area contributed by atoms with Gasteiger partial charge in [0, 0.05) is 63.8 Å². The first kappa shape index (κ1) is 24.9. The summed E-state index contributed by atoms with van der Waals surface area (Å²) in [5, 5.41) is 4.05. The minimum Gasteiger partial charge on any atom is -0.494 e. The van der Waals surface area contributed by atoms with E-state index >= 15 is 0 Å². The van der Waals surface area contributed by atoms with Gasteiger partial charge in [0.05, 0.1) is 17.3 Å². The monoisotopic (exact) mass is 496 g/mol. The molecule has 0 aliphatic carbocycles. The number of pyridine rings is 1. The highest BCUT2D eigenvalue weighted by Gasteiger charge is 2.26. The molecule has 0 spiro atoms. The summed E-state index contributed by atoms with van der Waals surface area (Å²) in [6.45, 7) is 6.19. The van der Waals surface area contributed by atoms with Crippen molar-refractivity contribution < 1.29 is 4.74 Å². The summed E-state index contributed by atoms with van der Waals surface area (Å²) < 4.78 is 7.20. The van der Waals surface area contributed by atoms with E-state index in [1.807, 2.05) is 63.2 Å². The summed E-state index contributed by atoms with van der Waals surface area (Å²) >= 11 is 6.59. The lowest BCUT2D eigenvalue weighted by Crippen LogP contribution is -2.32. The number of aromatic nitrogens is 3. The van der Waals surface area contributed by atoms with Crippen LogP contribution in [-0.4, -0.2) is 54.4 Å². The SMILES string of the molecule is CCOc1ccnc(N2CCC(Nc3c(CC)nc(-c4ccc(N(C)C)cc4Cl)n(C)c3=O)C2)c1. The predicted octanol–water partition coefficient (Wildman–Crippen LogP) is 4.21. The highest BCUT2D eigenvalue weighted by molar-refractivity contribution is 6.33. The maximum Gasteiger partial charge on any atom is 0.277 e. The number of nitrogens with one attached hydrogen (secondary N) is 1. The summed E-state index contributed by atoms with van der Waals surface area (Å²) in [5.74, 6) is 2.26. The van der Waals surface area contributed by atoms with Gasteiger partial charge in [-0.05, 0) is 44.0 Å². The normalized spacial score (nSPS) is 15.4. The minimum absolute atomic E-state index is 0.102. The van der Waals surface area contributed by atoms with Crippen molar-refractivity contribution in [2.24, 2.45) is 7.05 Å². The molecular formula is C26H33ClN6O2. The number of anilines is 3. The quantitative estimate of drug-likeness (QED) is 0.500. The number of ether oxygens (including phenoxy) is 1. The molecule has 0 saturated carbocycles. The number of hydrogen-bond donors (Lipinski definition) is 1. The van der Waals surface area contributed by atoms with E-state index in [0.29, 0.717) is 29.6 Å². The van der Waals surface area contributed by atoms with Gasteiger partial charge in [0.1, 0.15) is 23.1 Å². The van der Waals surface area contributed by atoms with Crippen molar-refractivity contribution in [1.82, 2.24) is 14.5 Å². The molecule has 0 amide bonds. The van der Waals surface area contributed by atoms with Crippen LogP contribution in [0.3, 0.4) is 0 Å². The van der Waals surface area contributed by atoms with E-state index in [-0.39, 0.29) is 11.6 Å². The third-order valence-electron chi connectivity index (χ3n) is 6.30. The second-order valence-corrected chi connectivity index (χ2v) is 9.30. The van der Waals surface area contributed by atoms with Crippen molar-refractivity contribution >= 4 is 28.8 Å². The van der Waals surface area contributed by atoms with Gasteiger partial charge in [-0.1, -0.05) is 18.5 Å². The summed E-state index contributed by atoms with van der Waals surface area (Å²) in [7, 11) is 5.67. The Morgan fingerprint density at radius 2 is 2.03 bits per heavy atom. The summed E-state index contributed by atoms with van der Waals surface area (Å²) in [5.41, 5.74) is 2.93. The van der Waals surface area contributed by atoms with Gasteiger partial charge in [-0.3, -0.25) is 9.36 Å². The molecule has 1 aliphatic heterocycles. The Hall–Kier alpha value is -3.26. The Morgan fingerprint density at radius 1 is 1.23 bits per heavy atom. The fraction of sp³-hybridized carbons (Fsp3) is 0.423. The molecule has 1 N–H and O–H groups in total. The van der Waals surface area contributed by atoms with Crippen LogP contribution in [0.2, 0.25) is 5.02 Å². The molecule has 1 unspecified atom stereocenters. The summed E-state index contributed by atoms with van der Waals surface area (Å²) in [6.07, 6.45) is 3.30. The highest BCUT2D eigenvalue weighted by atomic mass is 35.5. The molecule has 186 valence electrons. The average molecular weight is 497 g/mol. The number of halogens is 1. The molecule has 1 aliphatic rings. The standard InChI is InChI=1S/C26H33ClN6O2/c1-6-22-24(29-17-11-13-33(16-17)23-15-19(35-7-2)10-12-28-23)26(34)32(5)25(30-22)20-9-8-18(31(3)4)14-21(20)27/h8-10,12,14-15,17,29H,6-7,11,13,16H2,1-5H3. The lowest BCUT2D eigenvalue weighted by Gasteiger charge is -2.21. The zero-order valence-corrected chi connectivity index (χ0v) is 21.8. The first-order valence-electron chi connectivity index (χ1n) is 12.0. The number of hydrogen-bond acceptors (Lipinski definition) is 7. The molecule has 1 fully saturated rings. The molecule has 1 saturated heterocycles. The van der Waals surface area contributed by atoms with Crippen LogP contribution < -0.4 is 25.4 Å². The Labute approximate surface area is 211 Å². The van der Waals surface area contributed by atoms with Crippen LogP contribution in [0.4, 0.5) is 17.2 Å². The van der Waals surface area contributed by atoms with Crippen LogP contribution in [0.1, 0.15) is 26.0 Å². The zero-order chi connectivity index (χ0) is 25.1. The van der Waals surface area contributed by atoms with Crippen molar-refractivity contribution in [1.29, 1.82) is 0 Å². The molecule has 35 heavy (non-hydrogen) atoms. The maximum atomic E-state index is 13.5. The van der Waals surface area contributed by atoms with Crippen LogP contribution in [-0.2, 0) is 13.5 Å². The predicted molar refractivity (Wildman–Crippen MR) is 143 cm³/mol. The lowest BCUT2D eigenvalue weighted by molar-refractivity contribution is 0.340. The molecule has 8 nitrogen and oxygen atoms in total. The topological polar surface area (TPSA) is 75.5 Å². The molecule has 3 heterocycles. The van der Waals surface area contributed by atoms with Crippen molar-refractivity contribution in [3.8, 4) is 17.1 Å². The Bertz CT molecular complexity index is 1260. The van der Waals surface area contributed by atoms with Crippen molar-refractivity contribution in [3.05, 3.63) is 57.6 Å². The average Bonchev–Trinajstić information content (AvgIpc) is 3.32. The van der Waals surface area contributed by atoms with Crippen LogP contribution in [0.15, 0.2) is 41.3 Å². The van der Waals surface area contributed by atoms with Gasteiger partial charge in [0.2, 0.25) is 0 Å². The van der Waals surface area contributed by atoms with E-state index in [0.717, 1.165) is 48.0 Å². The van der Waals surface area contributed by atoms with Gasteiger partial charge < -0.3 is 19.9 Å². The second-order valence-electron chi connectivity index (χ2n) is 8.89. The van der Waals surface area contributed by atoms with E-state index < -0.39 is 0 Å². The van der Waals surface area contributed by atoms with Crippen LogP contribution in [0.5, 0.6) is 5.75 Å². The summed E-state index contributed by atoms with van der Waals surface area (Å²) in [6, 6.07) is 9.73. The first-order valence-corrected chi connectivity index (χ1v) is 12.4. The van der Waals surface area contributed by atoms with Crippen LogP contribution in [0, 0.1) is 0 Å². The van der Waals surface area contributed by atoms with Crippen molar-refractivity contribution in [3.63, 3.8) is 0 Å². The van der Waals surface area contributed by atoms with Gasteiger partial charge in [0.15, 0.2) is 0 Å². The minimum atomic E-state index is -0.102. The third kappa shape index (κ3) is 5.22. The third-order valence-corrected chi connectivity index (χ3v) is 6.61. The second kappa shape index (κ2) is 10.6. The largest absolute Gasteiger partial charge is 0.494 e. The van der Waals surface area contributed by atoms with Gasteiger partial charge >= 0.3 is 0 Å². The van der Waals surface area contributed by atoms with E-state index in [4.69, 9.17) is 21.3 Å². The molecule has 0 bridgehead atoms. The van der Waals surface area contributed by atoms with Crippen molar-refractivity contribution in [2.45, 2.75) is 32.7 Å². The van der Waals surface area contributed by atoms with E-state index in [1.165, 1.54) is 0 Å². The first-order chi connectivity index (χ1) is 16.8. The van der Waals surface area contributed by atoms with Crippen LogP contribution in [0.25, 0.3) is 11.4 Å². The van der Waals surface area contributed by atoms with Gasteiger partial charge in [-0.15, -0.1) is 0 Å². The van der Waals surface area contributed by atoms with E-state index in [1.54, 1.807) is 17.8 Å². The van der Waals surface area contributed by atoms with Gasteiger partial charge in [0.25, 0.3) is 5.56 Å². The van der Waals surface area contributed by atoms with E-state index in [2.05, 4.69) is 15.2 Å². The molecule has 0 radical (unpaired) electrons. The molecule has 9 heteroatoms. The van der Waals surface area contributed by atoms with Gasteiger partial charge in [-0.25, -0.2) is 9.97 Å². The smallest absolute Gasteiger partial charge is 0.277 e. The highest BCUT2D eigenvalue weighted by Crippen LogP contribution is 2.31. The van der Waals surface area contributed by atoms with Gasteiger partial charge in [-0.2, -0.15) is 0 Å². The number of benzene rings is 1. The Kier molecular flexibility index (Phi) is 7.50. The Balaban J connectivity index is 1.58. The number of aryl methyl sites for hydroxylation is 1. The molecule has 2 aromatic heterocycles. The zero-order valence-electron chi connectivity index (χ0n) is 21.0. The molecule has 3 aromatic rings. The fourth-order valence-electron chi connectivity index (χ4n) is 4.37. The molecule has 1 atom stereocenters. The van der Waals surface area contributed by atoms with Crippen LogP contribution >= 0.6 is 11.6 Å². The Morgan fingerprint density at radius 3 is 2.71 bits per heavy atom. The van der Waals surface area contributed by atoms with E-state index in [9.17, 15) is 4.79 Å². The number of nitrogens with zero attached hydrogens (tertiary/aromatic N) is 5. The fourth-order valence-corrected chi connectivity index (χ4v) is 4.63. The molecular weight excluding hydrogens is 464 g/mol. The lowest BCUT2D eigenvalue weighted by atomic mass is 10.1.